The first-order valence-corrected chi connectivity index (χ1v) is 7.97. The molecule has 23 heavy (non-hydrogen) atoms. The normalized spacial score (nSPS) is 20.7. The summed E-state index contributed by atoms with van der Waals surface area (Å²) in [6, 6.07) is 5.51. The molecule has 6 heteroatoms. The predicted octanol–water partition coefficient (Wildman–Crippen LogP) is 2.21. The molecule has 124 valence electrons. The summed E-state index contributed by atoms with van der Waals surface area (Å²) >= 11 is 0. The zero-order valence-corrected chi connectivity index (χ0v) is 13.6. The van der Waals surface area contributed by atoms with E-state index < -0.39 is 6.10 Å². The van der Waals surface area contributed by atoms with Crippen molar-refractivity contribution in [1.29, 1.82) is 0 Å². The van der Waals surface area contributed by atoms with E-state index in [1.807, 2.05) is 23.1 Å². The Hall–Kier alpha value is -2.24. The van der Waals surface area contributed by atoms with E-state index in [9.17, 15) is 4.79 Å². The van der Waals surface area contributed by atoms with E-state index in [0.717, 1.165) is 37.2 Å². The number of piperidine rings is 1. The molecule has 1 aromatic carbocycles. The van der Waals surface area contributed by atoms with Gasteiger partial charge >= 0.3 is 0 Å². The van der Waals surface area contributed by atoms with Crippen LogP contribution in [0.1, 0.15) is 31.2 Å². The Balaban J connectivity index is 1.73. The fourth-order valence-corrected chi connectivity index (χ4v) is 3.03. The van der Waals surface area contributed by atoms with Crippen molar-refractivity contribution in [3.8, 4) is 11.5 Å². The van der Waals surface area contributed by atoms with Gasteiger partial charge < -0.3 is 19.2 Å². The Morgan fingerprint density at radius 3 is 2.70 bits per heavy atom. The number of carbonyl (C=O) groups is 1. The summed E-state index contributed by atoms with van der Waals surface area (Å²) in [7, 11) is 3.22. The minimum absolute atomic E-state index is 0.0327. The summed E-state index contributed by atoms with van der Waals surface area (Å²) in [5.41, 5.74) is 1.52. The van der Waals surface area contributed by atoms with Gasteiger partial charge in [-0.25, -0.2) is 0 Å². The summed E-state index contributed by atoms with van der Waals surface area (Å²) in [5, 5.41) is 4.12. The van der Waals surface area contributed by atoms with Crippen molar-refractivity contribution >= 4 is 11.6 Å². The maximum atomic E-state index is 12.5. The largest absolute Gasteiger partial charge is 0.497 e. The number of likely N-dealkylation sites (tertiary alicyclic amines) is 1. The van der Waals surface area contributed by atoms with Crippen LogP contribution >= 0.6 is 0 Å². The third-order valence-electron chi connectivity index (χ3n) is 4.33. The summed E-state index contributed by atoms with van der Waals surface area (Å²) in [4.78, 5) is 19.8. The van der Waals surface area contributed by atoms with Gasteiger partial charge in [0.25, 0.3) is 5.91 Å². The number of hydrogen-bond acceptors (Lipinski definition) is 5. The van der Waals surface area contributed by atoms with Crippen LogP contribution < -0.4 is 9.47 Å². The van der Waals surface area contributed by atoms with E-state index in [-0.39, 0.29) is 5.91 Å². The Labute approximate surface area is 136 Å². The van der Waals surface area contributed by atoms with Crippen LogP contribution in [0.3, 0.4) is 0 Å². The number of methoxy groups -OCH3 is 2. The molecular formula is C17H22N2O4. The van der Waals surface area contributed by atoms with Crippen molar-refractivity contribution in [2.75, 3.05) is 27.3 Å². The van der Waals surface area contributed by atoms with E-state index in [0.29, 0.717) is 17.9 Å². The molecule has 2 aliphatic heterocycles. The first-order chi connectivity index (χ1) is 11.2. The molecule has 1 fully saturated rings. The zero-order valence-electron chi connectivity index (χ0n) is 13.6. The Morgan fingerprint density at radius 1 is 1.22 bits per heavy atom. The van der Waals surface area contributed by atoms with Gasteiger partial charge in [0.05, 0.1) is 19.9 Å². The Kier molecular flexibility index (Phi) is 4.69. The van der Waals surface area contributed by atoms with E-state index in [1.54, 1.807) is 14.2 Å². The van der Waals surface area contributed by atoms with Crippen LogP contribution in [0.25, 0.3) is 0 Å². The number of rotatable bonds is 4. The molecule has 1 atom stereocenters. The van der Waals surface area contributed by atoms with E-state index in [2.05, 4.69) is 5.16 Å². The highest BCUT2D eigenvalue weighted by Crippen LogP contribution is 2.29. The topological polar surface area (TPSA) is 60.4 Å². The lowest BCUT2D eigenvalue weighted by atomic mass is 10.0. The van der Waals surface area contributed by atoms with Crippen LogP contribution in [0.4, 0.5) is 0 Å². The van der Waals surface area contributed by atoms with Crippen molar-refractivity contribution in [2.24, 2.45) is 5.16 Å². The summed E-state index contributed by atoms with van der Waals surface area (Å²) < 4.78 is 10.6. The molecule has 1 amide bonds. The molecule has 0 spiro atoms. The highest BCUT2D eigenvalue weighted by atomic mass is 16.6. The number of hydrogen-bond donors (Lipinski definition) is 0. The average Bonchev–Trinajstić information content (AvgIpc) is 3.11. The van der Waals surface area contributed by atoms with Crippen LogP contribution in [-0.4, -0.2) is 49.9 Å². The SMILES string of the molecule is COc1ccc(OC)c(C2=NO[C@@H](C(=O)N3CCCCC3)C2)c1. The van der Waals surface area contributed by atoms with Gasteiger partial charge in [-0.3, -0.25) is 4.79 Å². The highest BCUT2D eigenvalue weighted by molar-refractivity contribution is 6.06. The number of amides is 1. The van der Waals surface area contributed by atoms with Crippen LogP contribution in [0.15, 0.2) is 23.4 Å². The van der Waals surface area contributed by atoms with Crippen LogP contribution in [0.5, 0.6) is 11.5 Å². The molecular weight excluding hydrogens is 296 g/mol. The molecule has 2 aliphatic rings. The molecule has 1 aromatic rings. The molecule has 3 rings (SSSR count). The van der Waals surface area contributed by atoms with Crippen LogP contribution in [0.2, 0.25) is 0 Å². The van der Waals surface area contributed by atoms with Gasteiger partial charge in [0.2, 0.25) is 6.10 Å². The average molecular weight is 318 g/mol. The van der Waals surface area contributed by atoms with Crippen molar-refractivity contribution in [1.82, 2.24) is 4.90 Å². The maximum Gasteiger partial charge on any atom is 0.266 e. The van der Waals surface area contributed by atoms with Crippen molar-refractivity contribution < 1.29 is 19.1 Å². The Morgan fingerprint density at radius 2 is 2.00 bits per heavy atom. The molecule has 2 heterocycles. The molecule has 0 saturated carbocycles. The molecule has 0 bridgehead atoms. The first kappa shape index (κ1) is 15.6. The minimum atomic E-state index is -0.529. The van der Waals surface area contributed by atoms with Crippen molar-refractivity contribution in [3.63, 3.8) is 0 Å². The van der Waals surface area contributed by atoms with E-state index in [4.69, 9.17) is 14.3 Å². The van der Waals surface area contributed by atoms with Gasteiger partial charge in [-0.2, -0.15) is 0 Å². The molecule has 0 unspecified atom stereocenters. The summed E-state index contributed by atoms with van der Waals surface area (Å²) in [5.74, 6) is 1.44. The molecule has 0 radical (unpaired) electrons. The highest BCUT2D eigenvalue weighted by Gasteiger charge is 2.33. The lowest BCUT2D eigenvalue weighted by Crippen LogP contribution is -2.42. The van der Waals surface area contributed by atoms with Crippen LogP contribution in [0, 0.1) is 0 Å². The first-order valence-electron chi connectivity index (χ1n) is 7.97. The Bertz CT molecular complexity index is 609. The van der Waals surface area contributed by atoms with Crippen molar-refractivity contribution in [2.45, 2.75) is 31.8 Å². The number of benzene rings is 1. The van der Waals surface area contributed by atoms with Crippen molar-refractivity contribution in [3.05, 3.63) is 23.8 Å². The standard InChI is InChI=1S/C17H22N2O4/c1-21-12-6-7-15(22-2)13(10-12)14-11-16(23-18-14)17(20)19-8-4-3-5-9-19/h6-7,10,16H,3-5,8-9,11H2,1-2H3/t16-/m1/s1. The molecule has 0 aliphatic carbocycles. The maximum absolute atomic E-state index is 12.5. The second kappa shape index (κ2) is 6.89. The van der Waals surface area contributed by atoms with Gasteiger partial charge in [-0.05, 0) is 37.5 Å². The minimum Gasteiger partial charge on any atom is -0.497 e. The third-order valence-corrected chi connectivity index (χ3v) is 4.33. The third kappa shape index (κ3) is 3.25. The predicted molar refractivity (Wildman–Crippen MR) is 86.0 cm³/mol. The molecule has 0 N–H and O–H groups in total. The quantitative estimate of drug-likeness (QED) is 0.854. The van der Waals surface area contributed by atoms with E-state index >= 15 is 0 Å². The van der Waals surface area contributed by atoms with Crippen LogP contribution in [-0.2, 0) is 9.63 Å². The number of nitrogens with zero attached hydrogens (tertiary/aromatic N) is 2. The number of oxime groups is 1. The van der Waals surface area contributed by atoms with Gasteiger partial charge in [-0.15, -0.1) is 0 Å². The fourth-order valence-electron chi connectivity index (χ4n) is 3.03. The second-order valence-electron chi connectivity index (χ2n) is 5.79. The monoisotopic (exact) mass is 318 g/mol. The van der Waals surface area contributed by atoms with Gasteiger partial charge in [0.1, 0.15) is 11.5 Å². The second-order valence-corrected chi connectivity index (χ2v) is 5.79. The zero-order chi connectivity index (χ0) is 16.2. The van der Waals surface area contributed by atoms with Gasteiger partial charge in [0.15, 0.2) is 0 Å². The molecule has 1 saturated heterocycles. The van der Waals surface area contributed by atoms with Gasteiger partial charge in [0, 0.05) is 25.1 Å². The number of ether oxygens (including phenoxy) is 2. The summed E-state index contributed by atoms with van der Waals surface area (Å²) in [6.45, 7) is 1.63. The van der Waals surface area contributed by atoms with Gasteiger partial charge in [-0.1, -0.05) is 5.16 Å². The molecule has 6 nitrogen and oxygen atoms in total. The smallest absolute Gasteiger partial charge is 0.266 e. The lowest BCUT2D eigenvalue weighted by Gasteiger charge is -2.28. The summed E-state index contributed by atoms with van der Waals surface area (Å²) in [6.07, 6.45) is 3.25. The fraction of sp³-hybridized carbons (Fsp3) is 0.529. The number of carbonyl (C=O) groups excluding carboxylic acids is 1. The lowest BCUT2D eigenvalue weighted by molar-refractivity contribution is -0.143. The van der Waals surface area contributed by atoms with E-state index in [1.165, 1.54) is 6.42 Å². The molecule has 0 aromatic heterocycles.